The van der Waals surface area contributed by atoms with Gasteiger partial charge in [0.1, 0.15) is 0 Å². The quantitative estimate of drug-likeness (QED) is 0.507. The van der Waals surface area contributed by atoms with E-state index in [4.69, 9.17) is 28.4 Å². The fourth-order valence-corrected chi connectivity index (χ4v) is 7.03. The molecule has 9 heteroatoms. The molecule has 3 heterocycles. The van der Waals surface area contributed by atoms with Crippen molar-refractivity contribution in [3.05, 3.63) is 35.9 Å². The number of benzene rings is 1. The Bertz CT molecular complexity index is 872. The zero-order valence-electron chi connectivity index (χ0n) is 21.7. The van der Waals surface area contributed by atoms with Gasteiger partial charge in [0.05, 0.1) is 0 Å². The second-order valence-corrected chi connectivity index (χ2v) is 13.5. The molecule has 1 aromatic carbocycles. The van der Waals surface area contributed by atoms with E-state index in [0.717, 1.165) is 17.1 Å². The van der Waals surface area contributed by atoms with Gasteiger partial charge in [0.2, 0.25) is 0 Å². The molecule has 0 aliphatic carbocycles. The third-order valence-electron chi connectivity index (χ3n) is 5.90. The molecular weight excluding hydrogens is 517 g/mol. The van der Waals surface area contributed by atoms with E-state index >= 15 is 0 Å². The third-order valence-corrected chi connectivity index (χ3v) is 8.42. The normalized spacial score (nSPS) is 31.9. The Morgan fingerprint density at radius 3 is 2.31 bits per heavy atom. The van der Waals surface area contributed by atoms with Crippen LogP contribution in [-0.2, 0) is 34.8 Å². The van der Waals surface area contributed by atoms with E-state index in [1.54, 1.807) is 0 Å². The van der Waals surface area contributed by atoms with Crippen LogP contribution in [0.2, 0.25) is 10.6 Å². The molecule has 0 bridgehead atoms. The van der Waals surface area contributed by atoms with Crippen molar-refractivity contribution in [3.8, 4) is 0 Å². The molecule has 0 unspecified atom stereocenters. The van der Waals surface area contributed by atoms with Gasteiger partial charge in [-0.3, -0.25) is 0 Å². The molecule has 3 aliphatic heterocycles. The summed E-state index contributed by atoms with van der Waals surface area (Å²) in [5.41, 5.74) is 0.631. The third kappa shape index (κ3) is 7.19. The van der Waals surface area contributed by atoms with E-state index in [-0.39, 0.29) is 51.5 Å². The minimum atomic E-state index is -0.728. The summed E-state index contributed by atoms with van der Waals surface area (Å²) in [7, 11) is 0. The summed E-state index contributed by atoms with van der Waals surface area (Å²) in [6.45, 7) is 13.2. The fourth-order valence-electron chi connectivity index (χ4n) is 4.68. The number of carbonyl (C=O) groups is 1. The van der Waals surface area contributed by atoms with Gasteiger partial charge in [-0.25, -0.2) is 0 Å². The first-order chi connectivity index (χ1) is 16.3. The summed E-state index contributed by atoms with van der Waals surface area (Å²) in [6, 6.07) is 10.1. The van der Waals surface area contributed by atoms with Crippen LogP contribution in [0, 0.1) is 0 Å². The van der Waals surface area contributed by atoms with Crippen molar-refractivity contribution in [3.63, 3.8) is 0 Å². The fraction of sp³-hybridized carbons (Fsp3) is 0.731. The maximum atomic E-state index is 12.5. The SMILES string of the molecule is CC(C)(C)OC(=O)N[C@H](C[Se]C[C@H]1O[C@@H]2OC(C)(C)O[C@@H]2[C@H]2OC(C)(C)O[C@H]21)Cc1ccccc1. The Kier molecular flexibility index (Phi) is 7.89. The van der Waals surface area contributed by atoms with Crippen LogP contribution >= 0.6 is 0 Å². The second kappa shape index (κ2) is 10.3. The number of alkyl carbamates (subject to hydrolysis) is 1. The second-order valence-electron chi connectivity index (χ2n) is 11.3. The summed E-state index contributed by atoms with van der Waals surface area (Å²) in [6.07, 6.45) is -1.09. The number of rotatable bonds is 7. The molecule has 4 rings (SSSR count). The van der Waals surface area contributed by atoms with Crippen LogP contribution in [0.25, 0.3) is 0 Å². The van der Waals surface area contributed by atoms with Crippen molar-refractivity contribution < 1.29 is 33.2 Å². The number of amides is 1. The molecule has 3 fully saturated rings. The van der Waals surface area contributed by atoms with Gasteiger partial charge in [-0.1, -0.05) is 0 Å². The van der Waals surface area contributed by atoms with Crippen LogP contribution < -0.4 is 5.32 Å². The standard InChI is InChI=1S/C26H39NO7Se/c1-24(2,3)34-23(28)27-17(13-16-11-9-8-10-12-16)14-35-15-18-19-20(31-25(4,5)30-19)21-22(29-18)33-26(6,7)32-21/h8-12,17-22H,13-15H2,1-7H3,(H,27,28)/t17-,18+,19-,20-,21+,22+/m0/s1. The molecule has 0 radical (unpaired) electrons. The van der Waals surface area contributed by atoms with E-state index in [0.29, 0.717) is 0 Å². The number of nitrogens with one attached hydrogen (secondary N) is 1. The van der Waals surface area contributed by atoms with Gasteiger partial charge in [0, 0.05) is 0 Å². The molecule has 1 aromatic rings. The van der Waals surface area contributed by atoms with Gasteiger partial charge in [-0.2, -0.15) is 0 Å². The molecule has 8 nitrogen and oxygen atoms in total. The van der Waals surface area contributed by atoms with Gasteiger partial charge >= 0.3 is 215 Å². The molecule has 35 heavy (non-hydrogen) atoms. The number of fused-ring (bicyclic) bond motifs is 3. The first kappa shape index (κ1) is 26.9. The predicted octanol–water partition coefficient (Wildman–Crippen LogP) is 4.06. The summed E-state index contributed by atoms with van der Waals surface area (Å²) in [5, 5.41) is 4.72. The van der Waals surface area contributed by atoms with Gasteiger partial charge in [0.15, 0.2) is 0 Å². The Morgan fingerprint density at radius 2 is 1.63 bits per heavy atom. The topological polar surface area (TPSA) is 84.5 Å². The van der Waals surface area contributed by atoms with E-state index in [2.05, 4.69) is 17.4 Å². The first-order valence-corrected chi connectivity index (χ1v) is 14.7. The zero-order valence-corrected chi connectivity index (χ0v) is 23.5. The van der Waals surface area contributed by atoms with Crippen molar-refractivity contribution in [1.29, 1.82) is 0 Å². The molecule has 0 aromatic heterocycles. The number of hydrogen-bond donors (Lipinski definition) is 1. The van der Waals surface area contributed by atoms with Crippen molar-refractivity contribution >= 4 is 21.1 Å². The molecule has 0 saturated carbocycles. The molecule has 196 valence electrons. The Balaban J connectivity index is 1.39. The van der Waals surface area contributed by atoms with E-state index in [1.807, 2.05) is 66.7 Å². The van der Waals surface area contributed by atoms with Gasteiger partial charge in [0.25, 0.3) is 0 Å². The van der Waals surface area contributed by atoms with Crippen LogP contribution in [0.4, 0.5) is 4.79 Å². The minimum absolute atomic E-state index is 0.0402. The predicted molar refractivity (Wildman–Crippen MR) is 131 cm³/mol. The van der Waals surface area contributed by atoms with E-state index < -0.39 is 23.5 Å². The first-order valence-electron chi connectivity index (χ1n) is 12.3. The van der Waals surface area contributed by atoms with Gasteiger partial charge < -0.3 is 0 Å². The summed E-state index contributed by atoms with van der Waals surface area (Å²) < 4.78 is 36.4. The molecule has 6 atom stereocenters. The molecule has 1 N–H and O–H groups in total. The molecular formula is C26H39NO7Se. The average molecular weight is 557 g/mol. The van der Waals surface area contributed by atoms with Gasteiger partial charge in [-0.05, 0) is 0 Å². The Labute approximate surface area is 214 Å². The number of ether oxygens (including phenoxy) is 6. The van der Waals surface area contributed by atoms with E-state index in [1.165, 1.54) is 5.56 Å². The zero-order chi connectivity index (χ0) is 25.4. The van der Waals surface area contributed by atoms with E-state index in [9.17, 15) is 4.79 Å². The molecule has 3 saturated heterocycles. The molecule has 0 spiro atoms. The van der Waals surface area contributed by atoms with Crippen molar-refractivity contribution in [2.45, 2.75) is 119 Å². The summed E-state index contributed by atoms with van der Waals surface area (Å²) >= 11 is 0.168. The molecule has 1 amide bonds. The monoisotopic (exact) mass is 557 g/mol. The van der Waals surface area contributed by atoms with Crippen molar-refractivity contribution in [1.82, 2.24) is 5.32 Å². The number of hydrogen-bond acceptors (Lipinski definition) is 7. The Hall–Kier alpha value is -1.19. The van der Waals surface area contributed by atoms with Crippen molar-refractivity contribution in [2.24, 2.45) is 0 Å². The molecule has 3 aliphatic rings. The summed E-state index contributed by atoms with van der Waals surface area (Å²) in [4.78, 5) is 12.5. The average Bonchev–Trinajstić information content (AvgIpc) is 3.21. The maximum absolute atomic E-state index is 12.5. The van der Waals surface area contributed by atoms with Crippen molar-refractivity contribution in [2.75, 3.05) is 0 Å². The Morgan fingerprint density at radius 1 is 1.00 bits per heavy atom. The van der Waals surface area contributed by atoms with Crippen LogP contribution in [0.1, 0.15) is 54.0 Å². The van der Waals surface area contributed by atoms with Gasteiger partial charge in [-0.15, -0.1) is 0 Å². The number of carbonyl (C=O) groups excluding carboxylic acids is 1. The summed E-state index contributed by atoms with van der Waals surface area (Å²) in [5.74, 6) is -1.43. The van der Waals surface area contributed by atoms with Crippen LogP contribution in [0.15, 0.2) is 30.3 Å². The van der Waals surface area contributed by atoms with Crippen LogP contribution in [-0.4, -0.2) is 75.0 Å². The van der Waals surface area contributed by atoms with Crippen LogP contribution in [0.5, 0.6) is 0 Å². The van der Waals surface area contributed by atoms with Crippen LogP contribution in [0.3, 0.4) is 0 Å².